The minimum Gasteiger partial charge on any atom is -0.350 e. The predicted octanol–water partition coefficient (Wildman–Crippen LogP) is 3.65. The number of rotatable bonds is 2. The van der Waals surface area contributed by atoms with Gasteiger partial charge in [-0.05, 0) is 38.5 Å². The Hall–Kier alpha value is -1.65. The molecule has 0 radical (unpaired) electrons. The highest BCUT2D eigenvalue weighted by Crippen LogP contribution is 2.34. The molecule has 4 rings (SSSR count). The Morgan fingerprint density at radius 2 is 1.70 bits per heavy atom. The summed E-state index contributed by atoms with van der Waals surface area (Å²) in [7, 11) is 0. The van der Waals surface area contributed by atoms with Crippen molar-refractivity contribution in [1.29, 1.82) is 0 Å². The van der Waals surface area contributed by atoms with E-state index in [4.69, 9.17) is 9.05 Å². The van der Waals surface area contributed by atoms with Crippen molar-refractivity contribution < 1.29 is 9.05 Å². The summed E-state index contributed by atoms with van der Waals surface area (Å²) in [5, 5.41) is 8.32. The van der Waals surface area contributed by atoms with E-state index in [1.807, 2.05) is 0 Å². The van der Waals surface area contributed by atoms with Gasteiger partial charge in [0.1, 0.15) is 0 Å². The summed E-state index contributed by atoms with van der Waals surface area (Å²) in [6, 6.07) is 0. The van der Waals surface area contributed by atoms with Crippen molar-refractivity contribution >= 4 is 0 Å². The van der Waals surface area contributed by atoms with E-state index in [-0.39, 0.29) is 0 Å². The highest BCUT2D eigenvalue weighted by molar-refractivity contribution is 5.52. The van der Waals surface area contributed by atoms with Crippen molar-refractivity contribution in [3.63, 3.8) is 0 Å². The number of nitrogens with zero attached hydrogens (tertiary/aromatic N) is 3. The van der Waals surface area contributed by atoms with Gasteiger partial charge in [0.05, 0.1) is 5.69 Å². The number of aryl methyl sites for hydroxylation is 1. The predicted molar refractivity (Wildman–Crippen MR) is 72.3 cm³/mol. The average molecular weight is 273 g/mol. The minimum absolute atomic E-state index is 0.458. The lowest BCUT2D eigenvalue weighted by atomic mass is 9.89. The van der Waals surface area contributed by atoms with Gasteiger partial charge >= 0.3 is 0 Å². The van der Waals surface area contributed by atoms with Crippen LogP contribution in [0.3, 0.4) is 0 Å². The number of aromatic nitrogens is 3. The normalized spacial score (nSPS) is 20.0. The van der Waals surface area contributed by atoms with Crippen LogP contribution >= 0.6 is 0 Å². The molecular weight excluding hydrogens is 254 g/mol. The standard InChI is InChI=1S/C15H19N3O2/c1-2-6-10(7-3-1)14-16-15(20-18-14)13-11-8-4-5-9-12(11)17-19-13/h10H,1-9H2. The molecule has 0 spiro atoms. The van der Waals surface area contributed by atoms with Crippen LogP contribution in [0.25, 0.3) is 11.7 Å². The van der Waals surface area contributed by atoms with Crippen LogP contribution in [0.15, 0.2) is 9.05 Å². The summed E-state index contributed by atoms with van der Waals surface area (Å²) in [6.07, 6.45) is 10.6. The van der Waals surface area contributed by atoms with Crippen LogP contribution in [-0.4, -0.2) is 15.3 Å². The fourth-order valence-electron chi connectivity index (χ4n) is 3.41. The lowest BCUT2D eigenvalue weighted by molar-refractivity contribution is 0.367. The van der Waals surface area contributed by atoms with E-state index in [1.165, 1.54) is 50.5 Å². The van der Waals surface area contributed by atoms with Gasteiger partial charge in [-0.15, -0.1) is 0 Å². The number of fused-ring (bicyclic) bond motifs is 1. The Morgan fingerprint density at radius 3 is 2.60 bits per heavy atom. The van der Waals surface area contributed by atoms with E-state index in [9.17, 15) is 0 Å². The molecule has 0 saturated heterocycles. The van der Waals surface area contributed by atoms with Gasteiger partial charge in [-0.25, -0.2) is 0 Å². The van der Waals surface area contributed by atoms with E-state index in [1.54, 1.807) is 0 Å². The highest BCUT2D eigenvalue weighted by Gasteiger charge is 2.26. The maximum absolute atomic E-state index is 5.46. The molecule has 0 aromatic carbocycles. The quantitative estimate of drug-likeness (QED) is 0.835. The van der Waals surface area contributed by atoms with E-state index in [0.29, 0.717) is 17.6 Å². The van der Waals surface area contributed by atoms with E-state index < -0.39 is 0 Å². The molecule has 2 heterocycles. The molecule has 0 unspecified atom stereocenters. The Morgan fingerprint density at radius 1 is 0.850 bits per heavy atom. The Bertz CT molecular complexity index is 596. The second-order valence-electron chi connectivity index (χ2n) is 5.94. The van der Waals surface area contributed by atoms with Gasteiger partial charge in [-0.2, -0.15) is 4.98 Å². The van der Waals surface area contributed by atoms with Crippen molar-refractivity contribution in [3.05, 3.63) is 17.1 Å². The molecule has 0 bridgehead atoms. The van der Waals surface area contributed by atoms with Gasteiger partial charge in [0.25, 0.3) is 5.89 Å². The van der Waals surface area contributed by atoms with Crippen molar-refractivity contribution in [2.75, 3.05) is 0 Å². The molecule has 2 aromatic rings. The van der Waals surface area contributed by atoms with Crippen LogP contribution in [0.5, 0.6) is 0 Å². The molecule has 0 atom stereocenters. The smallest absolute Gasteiger partial charge is 0.296 e. The van der Waals surface area contributed by atoms with Crippen LogP contribution in [0.2, 0.25) is 0 Å². The zero-order chi connectivity index (χ0) is 13.4. The second kappa shape index (κ2) is 5.04. The highest BCUT2D eigenvalue weighted by atomic mass is 16.5. The molecule has 0 aliphatic heterocycles. The van der Waals surface area contributed by atoms with Crippen molar-refractivity contribution in [2.24, 2.45) is 0 Å². The summed E-state index contributed by atoms with van der Waals surface area (Å²) < 4.78 is 10.9. The molecule has 1 fully saturated rings. The summed E-state index contributed by atoms with van der Waals surface area (Å²) in [5.41, 5.74) is 2.25. The first-order valence-corrected chi connectivity index (χ1v) is 7.73. The van der Waals surface area contributed by atoms with E-state index in [0.717, 1.165) is 24.4 Å². The van der Waals surface area contributed by atoms with Crippen LogP contribution < -0.4 is 0 Å². The fourth-order valence-corrected chi connectivity index (χ4v) is 3.41. The number of hydrogen-bond acceptors (Lipinski definition) is 5. The maximum Gasteiger partial charge on any atom is 0.296 e. The molecule has 1 saturated carbocycles. The largest absolute Gasteiger partial charge is 0.350 e. The molecule has 106 valence electrons. The molecule has 2 aliphatic carbocycles. The summed E-state index contributed by atoms with van der Waals surface area (Å²) >= 11 is 0. The van der Waals surface area contributed by atoms with Gasteiger partial charge in [-0.3, -0.25) is 0 Å². The van der Waals surface area contributed by atoms with E-state index >= 15 is 0 Å². The SMILES string of the molecule is C1CCC(c2noc(-c3onc4c3CCCC4)n2)CC1. The molecule has 2 aliphatic rings. The summed E-state index contributed by atoms with van der Waals surface area (Å²) in [6.45, 7) is 0. The second-order valence-corrected chi connectivity index (χ2v) is 5.94. The van der Waals surface area contributed by atoms with Gasteiger partial charge < -0.3 is 9.05 Å². The third-order valence-electron chi connectivity index (χ3n) is 4.57. The molecule has 0 N–H and O–H groups in total. The molecular formula is C15H19N3O2. The molecule has 5 nitrogen and oxygen atoms in total. The zero-order valence-corrected chi connectivity index (χ0v) is 11.6. The van der Waals surface area contributed by atoms with Crippen molar-refractivity contribution in [2.45, 2.75) is 63.7 Å². The van der Waals surface area contributed by atoms with Gasteiger partial charge in [0.2, 0.25) is 5.76 Å². The first kappa shape index (κ1) is 12.1. The average Bonchev–Trinajstić information content (AvgIpc) is 3.14. The van der Waals surface area contributed by atoms with Crippen LogP contribution in [0.1, 0.15) is 67.9 Å². The third kappa shape index (κ3) is 2.05. The Kier molecular flexibility index (Phi) is 3.05. The third-order valence-corrected chi connectivity index (χ3v) is 4.57. The maximum atomic E-state index is 5.46. The van der Waals surface area contributed by atoms with Crippen molar-refractivity contribution in [1.82, 2.24) is 15.3 Å². The monoisotopic (exact) mass is 273 g/mol. The molecule has 0 amide bonds. The van der Waals surface area contributed by atoms with Gasteiger partial charge in [0, 0.05) is 11.5 Å². The van der Waals surface area contributed by atoms with E-state index in [2.05, 4.69) is 15.3 Å². The van der Waals surface area contributed by atoms with Gasteiger partial charge in [0.15, 0.2) is 5.82 Å². The Balaban J connectivity index is 1.63. The minimum atomic E-state index is 0.458. The first-order valence-electron chi connectivity index (χ1n) is 7.73. The number of hydrogen-bond donors (Lipinski definition) is 0. The van der Waals surface area contributed by atoms with Crippen LogP contribution in [0.4, 0.5) is 0 Å². The summed E-state index contributed by atoms with van der Waals surface area (Å²) in [4.78, 5) is 4.57. The van der Waals surface area contributed by atoms with Crippen LogP contribution in [0, 0.1) is 0 Å². The topological polar surface area (TPSA) is 65.0 Å². The lowest BCUT2D eigenvalue weighted by Gasteiger charge is -2.17. The van der Waals surface area contributed by atoms with Gasteiger partial charge in [-0.1, -0.05) is 29.6 Å². The van der Waals surface area contributed by atoms with Crippen LogP contribution in [-0.2, 0) is 12.8 Å². The molecule has 20 heavy (non-hydrogen) atoms. The molecule has 5 heteroatoms. The van der Waals surface area contributed by atoms with Crippen molar-refractivity contribution in [3.8, 4) is 11.7 Å². The Labute approximate surface area is 117 Å². The first-order chi connectivity index (χ1) is 9.92. The summed E-state index contributed by atoms with van der Waals surface area (Å²) in [5.74, 6) is 2.52. The lowest BCUT2D eigenvalue weighted by Crippen LogP contribution is -2.06. The zero-order valence-electron chi connectivity index (χ0n) is 11.6. The molecule has 2 aromatic heterocycles. The fraction of sp³-hybridized carbons (Fsp3) is 0.667.